The summed E-state index contributed by atoms with van der Waals surface area (Å²) in [5.41, 5.74) is 1.11. The summed E-state index contributed by atoms with van der Waals surface area (Å²) in [7, 11) is 0. The number of halogens is 3. The van der Waals surface area contributed by atoms with Crippen molar-refractivity contribution in [2.75, 3.05) is 6.61 Å². The number of rotatable bonds is 5. The number of terminal acetylenes is 1. The minimum atomic E-state index is -0.553. The van der Waals surface area contributed by atoms with E-state index in [9.17, 15) is 4.79 Å². The molecule has 0 saturated carbocycles. The van der Waals surface area contributed by atoms with Crippen LogP contribution in [0.15, 0.2) is 40.9 Å². The van der Waals surface area contributed by atoms with Gasteiger partial charge in [0.2, 0.25) is 0 Å². The van der Waals surface area contributed by atoms with Crippen molar-refractivity contribution in [3.8, 4) is 18.1 Å². The minimum Gasteiger partial charge on any atom is -0.486 e. The Bertz CT molecular complexity index is 746. The third-order valence-corrected chi connectivity index (χ3v) is 4.09. The first-order valence-electron chi connectivity index (χ1n) is 6.48. The molecular weight excluding hydrogens is 403 g/mol. The number of hydrogen-bond acceptors (Lipinski definition) is 3. The van der Waals surface area contributed by atoms with E-state index < -0.39 is 5.97 Å². The second-order valence-corrected chi connectivity index (χ2v) is 6.10. The molecule has 0 bridgehead atoms. The molecule has 0 unspecified atom stereocenters. The summed E-state index contributed by atoms with van der Waals surface area (Å²) in [5.74, 6) is 2.09. The lowest BCUT2D eigenvalue weighted by Crippen LogP contribution is -2.06. The zero-order chi connectivity index (χ0) is 16.8. The van der Waals surface area contributed by atoms with Gasteiger partial charge in [-0.1, -0.05) is 47.3 Å². The fraction of sp³-hybridized carbons (Fsp3) is 0.118. The number of benzene rings is 2. The van der Waals surface area contributed by atoms with Crippen LogP contribution in [0.2, 0.25) is 10.0 Å². The average molecular weight is 414 g/mol. The number of hydrogen-bond donors (Lipinski definition) is 0. The highest BCUT2D eigenvalue weighted by Crippen LogP contribution is 2.35. The molecule has 0 aromatic heterocycles. The monoisotopic (exact) mass is 412 g/mol. The normalized spacial score (nSPS) is 10.0. The molecule has 3 nitrogen and oxygen atoms in total. The molecule has 0 saturated heterocycles. The smallest absolute Gasteiger partial charge is 0.339 e. The Balaban J connectivity index is 2.16. The summed E-state index contributed by atoms with van der Waals surface area (Å²) >= 11 is 15.6. The first-order chi connectivity index (χ1) is 11.0. The van der Waals surface area contributed by atoms with Gasteiger partial charge in [0.25, 0.3) is 0 Å². The summed E-state index contributed by atoms with van der Waals surface area (Å²) in [4.78, 5) is 11.8. The summed E-state index contributed by atoms with van der Waals surface area (Å²) in [5, 5.41) is 0.883. The molecule has 0 N–H and O–H groups in total. The molecule has 2 aromatic rings. The molecule has 0 amide bonds. The van der Waals surface area contributed by atoms with E-state index in [0.29, 0.717) is 15.2 Å². The highest BCUT2D eigenvalue weighted by atomic mass is 79.9. The van der Waals surface area contributed by atoms with Gasteiger partial charge in [0, 0.05) is 10.6 Å². The van der Waals surface area contributed by atoms with Crippen LogP contribution < -0.4 is 4.74 Å². The van der Waals surface area contributed by atoms with Crippen molar-refractivity contribution in [2.45, 2.75) is 6.61 Å². The first kappa shape index (κ1) is 17.7. The lowest BCUT2D eigenvalue weighted by atomic mass is 10.2. The van der Waals surface area contributed by atoms with E-state index in [0.717, 1.165) is 5.56 Å². The number of carbonyl (C=O) groups is 1. The molecule has 0 aliphatic rings. The second kappa shape index (κ2) is 8.26. The van der Waals surface area contributed by atoms with Gasteiger partial charge in [0.1, 0.15) is 6.61 Å². The largest absolute Gasteiger partial charge is 0.486 e. The SMILES string of the molecule is C#CCOC(=O)c1cc(Cl)c(OCc2ccccc2Cl)c(Br)c1. The van der Waals surface area contributed by atoms with Gasteiger partial charge in [0.05, 0.1) is 15.1 Å². The van der Waals surface area contributed by atoms with Crippen LogP contribution in [0.4, 0.5) is 0 Å². The predicted molar refractivity (Wildman–Crippen MR) is 94.1 cm³/mol. The van der Waals surface area contributed by atoms with Gasteiger partial charge in [-0.2, -0.15) is 0 Å². The molecule has 0 heterocycles. The molecule has 2 rings (SSSR count). The van der Waals surface area contributed by atoms with Crippen molar-refractivity contribution in [3.63, 3.8) is 0 Å². The topological polar surface area (TPSA) is 35.5 Å². The zero-order valence-electron chi connectivity index (χ0n) is 11.8. The molecular formula is C17H11BrCl2O3. The summed E-state index contributed by atoms with van der Waals surface area (Å²) < 4.78 is 11.1. The zero-order valence-corrected chi connectivity index (χ0v) is 14.9. The molecule has 0 aliphatic heterocycles. The Hall–Kier alpha value is -1.67. The van der Waals surface area contributed by atoms with Crippen LogP contribution in [-0.4, -0.2) is 12.6 Å². The van der Waals surface area contributed by atoms with Gasteiger partial charge in [-0.15, -0.1) is 6.42 Å². The van der Waals surface area contributed by atoms with Crippen LogP contribution in [0, 0.1) is 12.3 Å². The molecule has 0 spiro atoms. The van der Waals surface area contributed by atoms with E-state index in [-0.39, 0.29) is 23.8 Å². The molecule has 118 valence electrons. The molecule has 2 aromatic carbocycles. The molecule has 6 heteroatoms. The Morgan fingerprint density at radius 3 is 2.61 bits per heavy atom. The van der Waals surface area contributed by atoms with Crippen molar-refractivity contribution in [2.24, 2.45) is 0 Å². The number of esters is 1. The van der Waals surface area contributed by atoms with Gasteiger partial charge in [-0.25, -0.2) is 4.79 Å². The van der Waals surface area contributed by atoms with Crippen LogP contribution in [0.3, 0.4) is 0 Å². The highest BCUT2D eigenvalue weighted by Gasteiger charge is 2.15. The van der Waals surface area contributed by atoms with Crippen LogP contribution in [0.1, 0.15) is 15.9 Å². The van der Waals surface area contributed by atoms with Crippen molar-refractivity contribution in [1.29, 1.82) is 0 Å². The third-order valence-electron chi connectivity index (χ3n) is 2.85. The van der Waals surface area contributed by atoms with Crippen LogP contribution in [0.5, 0.6) is 5.75 Å². The predicted octanol–water partition coefficient (Wildman–Crippen LogP) is 5.12. The summed E-state index contributed by atoms with van der Waals surface area (Å²) in [6.07, 6.45) is 5.05. The van der Waals surface area contributed by atoms with E-state index >= 15 is 0 Å². The van der Waals surface area contributed by atoms with Crippen LogP contribution in [-0.2, 0) is 11.3 Å². The Kier molecular flexibility index (Phi) is 6.35. The molecule has 0 aliphatic carbocycles. The fourth-order valence-corrected chi connectivity index (χ4v) is 2.92. The summed E-state index contributed by atoms with van der Waals surface area (Å²) in [6, 6.07) is 10.4. The van der Waals surface area contributed by atoms with Gasteiger partial charge >= 0.3 is 5.97 Å². The van der Waals surface area contributed by atoms with E-state index in [1.165, 1.54) is 6.07 Å². The van der Waals surface area contributed by atoms with Crippen molar-refractivity contribution in [3.05, 3.63) is 62.0 Å². The number of carbonyl (C=O) groups excluding carboxylic acids is 1. The van der Waals surface area contributed by atoms with E-state index in [2.05, 4.69) is 21.9 Å². The average Bonchev–Trinajstić information content (AvgIpc) is 2.53. The maximum atomic E-state index is 11.8. The van der Waals surface area contributed by atoms with Crippen molar-refractivity contribution < 1.29 is 14.3 Å². The first-order valence-corrected chi connectivity index (χ1v) is 8.03. The maximum Gasteiger partial charge on any atom is 0.339 e. The van der Waals surface area contributed by atoms with E-state index in [1.54, 1.807) is 12.1 Å². The lowest BCUT2D eigenvalue weighted by Gasteiger charge is -2.12. The molecule has 0 radical (unpaired) electrons. The minimum absolute atomic E-state index is 0.0984. The second-order valence-electron chi connectivity index (χ2n) is 4.43. The summed E-state index contributed by atoms with van der Waals surface area (Å²) in [6.45, 7) is 0.151. The fourth-order valence-electron chi connectivity index (χ4n) is 1.77. The standard InChI is InChI=1S/C17H11BrCl2O3/c1-2-7-22-17(21)12-8-13(18)16(15(20)9-12)23-10-11-5-3-4-6-14(11)19/h1,3-6,8-9H,7,10H2. The lowest BCUT2D eigenvalue weighted by molar-refractivity contribution is 0.0556. The quantitative estimate of drug-likeness (QED) is 0.503. The van der Waals surface area contributed by atoms with E-state index in [4.69, 9.17) is 39.1 Å². The van der Waals surface area contributed by atoms with Crippen molar-refractivity contribution in [1.82, 2.24) is 0 Å². The van der Waals surface area contributed by atoms with Crippen molar-refractivity contribution >= 4 is 45.1 Å². The van der Waals surface area contributed by atoms with Crippen LogP contribution in [0.25, 0.3) is 0 Å². The third kappa shape index (κ3) is 4.65. The molecule has 23 heavy (non-hydrogen) atoms. The molecule has 0 fully saturated rings. The Labute approximate surface area is 152 Å². The Morgan fingerprint density at radius 1 is 1.22 bits per heavy atom. The van der Waals surface area contributed by atoms with Gasteiger partial charge in [-0.3, -0.25) is 0 Å². The van der Waals surface area contributed by atoms with E-state index in [1.807, 2.05) is 18.2 Å². The maximum absolute atomic E-state index is 11.8. The van der Waals surface area contributed by atoms with Gasteiger partial charge in [0.15, 0.2) is 12.4 Å². The van der Waals surface area contributed by atoms with Crippen LogP contribution >= 0.6 is 39.1 Å². The highest BCUT2D eigenvalue weighted by molar-refractivity contribution is 9.10. The van der Waals surface area contributed by atoms with Gasteiger partial charge in [-0.05, 0) is 34.1 Å². The number of ether oxygens (including phenoxy) is 2. The molecule has 0 atom stereocenters. The Morgan fingerprint density at radius 2 is 1.96 bits per heavy atom. The van der Waals surface area contributed by atoms with Gasteiger partial charge < -0.3 is 9.47 Å².